The molecule has 6 nitrogen and oxygen atoms in total. The quantitative estimate of drug-likeness (QED) is 0.782. The number of carbonyl (C=O) groups excluding carboxylic acids is 2. The van der Waals surface area contributed by atoms with Crippen LogP contribution in [-0.2, 0) is 0 Å². The second kappa shape index (κ2) is 5.70. The van der Waals surface area contributed by atoms with Gasteiger partial charge in [0, 0.05) is 30.8 Å². The van der Waals surface area contributed by atoms with Crippen LogP contribution in [0.1, 0.15) is 33.8 Å². The van der Waals surface area contributed by atoms with Crippen LogP contribution in [0.4, 0.5) is 0 Å². The molecule has 1 aliphatic rings. The van der Waals surface area contributed by atoms with Gasteiger partial charge in [0.1, 0.15) is 0 Å². The highest BCUT2D eigenvalue weighted by Crippen LogP contribution is 2.32. The average Bonchev–Trinajstić information content (AvgIpc) is 3.00. The number of ether oxygens (including phenoxy) is 2. The molecule has 0 radical (unpaired) electrons. The van der Waals surface area contributed by atoms with E-state index in [9.17, 15) is 9.59 Å². The van der Waals surface area contributed by atoms with Gasteiger partial charge in [0.2, 0.25) is 6.79 Å². The lowest BCUT2D eigenvalue weighted by Crippen LogP contribution is -2.08. The van der Waals surface area contributed by atoms with E-state index in [-0.39, 0.29) is 37.0 Å². The summed E-state index contributed by atoms with van der Waals surface area (Å²) in [5.41, 5.74) is 0.501. The first kappa shape index (κ1) is 13.2. The predicted molar refractivity (Wildman–Crippen MR) is 72.5 cm³/mol. The molecule has 21 heavy (non-hydrogen) atoms. The van der Waals surface area contributed by atoms with Crippen LogP contribution in [0.25, 0.3) is 0 Å². The fourth-order valence-electron chi connectivity index (χ4n) is 2.00. The van der Waals surface area contributed by atoms with Crippen LogP contribution in [0.3, 0.4) is 0 Å². The first-order valence-electron chi connectivity index (χ1n) is 6.47. The zero-order valence-corrected chi connectivity index (χ0v) is 11.1. The van der Waals surface area contributed by atoms with Gasteiger partial charge in [0.25, 0.3) is 0 Å². The van der Waals surface area contributed by atoms with Gasteiger partial charge in [-0.3, -0.25) is 9.59 Å². The van der Waals surface area contributed by atoms with Crippen LogP contribution in [0.2, 0.25) is 0 Å². The minimum absolute atomic E-state index is 0.0806. The van der Waals surface area contributed by atoms with Gasteiger partial charge >= 0.3 is 0 Å². The van der Waals surface area contributed by atoms with E-state index < -0.39 is 0 Å². The van der Waals surface area contributed by atoms with E-state index in [4.69, 9.17) is 9.47 Å². The number of benzene rings is 1. The maximum Gasteiger partial charge on any atom is 0.231 e. The van der Waals surface area contributed by atoms with Gasteiger partial charge in [0.15, 0.2) is 28.9 Å². The van der Waals surface area contributed by atoms with Crippen molar-refractivity contribution in [3.63, 3.8) is 0 Å². The third-order valence-electron chi connectivity index (χ3n) is 3.09. The Bertz CT molecular complexity index is 685. The minimum atomic E-state index is -0.246. The molecule has 1 aromatic carbocycles. The Hall–Kier alpha value is -2.76. The van der Waals surface area contributed by atoms with Crippen molar-refractivity contribution in [2.24, 2.45) is 0 Å². The van der Waals surface area contributed by atoms with Crippen LogP contribution < -0.4 is 9.47 Å². The van der Waals surface area contributed by atoms with Gasteiger partial charge in [-0.15, -0.1) is 0 Å². The highest BCUT2D eigenvalue weighted by Gasteiger charge is 2.17. The van der Waals surface area contributed by atoms with Crippen LogP contribution in [0.5, 0.6) is 11.5 Å². The van der Waals surface area contributed by atoms with E-state index in [0.717, 1.165) is 0 Å². The Labute approximate surface area is 120 Å². The molecule has 0 saturated carbocycles. The Morgan fingerprint density at radius 3 is 2.52 bits per heavy atom. The predicted octanol–water partition coefficient (Wildman–Crippen LogP) is 2.05. The van der Waals surface area contributed by atoms with Gasteiger partial charge in [-0.2, -0.15) is 0 Å². The standard InChI is InChI=1S/C15H12N2O4/c18-11(3-4-12(19)15-16-6-1-7-17-15)10-2-5-13-14(8-10)21-9-20-13/h1-2,5-8H,3-4,9H2. The Balaban J connectivity index is 1.63. The zero-order valence-electron chi connectivity index (χ0n) is 11.1. The minimum Gasteiger partial charge on any atom is -0.454 e. The number of nitrogens with zero attached hydrogens (tertiary/aromatic N) is 2. The van der Waals surface area contributed by atoms with Crippen molar-refractivity contribution in [1.82, 2.24) is 9.97 Å². The molecule has 0 amide bonds. The molecule has 0 saturated heterocycles. The molecule has 106 valence electrons. The molecule has 0 unspecified atom stereocenters. The summed E-state index contributed by atoms with van der Waals surface area (Å²) >= 11 is 0. The molecule has 0 aliphatic carbocycles. The fourth-order valence-corrected chi connectivity index (χ4v) is 2.00. The Morgan fingerprint density at radius 1 is 1.00 bits per heavy atom. The monoisotopic (exact) mass is 284 g/mol. The third-order valence-corrected chi connectivity index (χ3v) is 3.09. The average molecular weight is 284 g/mol. The molecule has 0 N–H and O–H groups in total. The van der Waals surface area contributed by atoms with Crippen molar-refractivity contribution >= 4 is 11.6 Å². The Kier molecular flexibility index (Phi) is 3.59. The molecule has 6 heteroatoms. The molecule has 2 heterocycles. The molecular weight excluding hydrogens is 272 g/mol. The lowest BCUT2D eigenvalue weighted by molar-refractivity contribution is 0.0912. The van der Waals surface area contributed by atoms with Gasteiger partial charge in [-0.25, -0.2) is 9.97 Å². The van der Waals surface area contributed by atoms with E-state index >= 15 is 0 Å². The normalized spacial score (nSPS) is 12.2. The van der Waals surface area contributed by atoms with Crippen molar-refractivity contribution < 1.29 is 19.1 Å². The lowest BCUT2D eigenvalue weighted by atomic mass is 10.0. The number of hydrogen-bond donors (Lipinski definition) is 0. The second-order valence-electron chi connectivity index (χ2n) is 4.49. The molecule has 1 aliphatic heterocycles. The van der Waals surface area contributed by atoms with Gasteiger partial charge in [-0.05, 0) is 24.3 Å². The van der Waals surface area contributed by atoms with E-state index in [1.807, 2.05) is 0 Å². The fraction of sp³-hybridized carbons (Fsp3) is 0.200. The van der Waals surface area contributed by atoms with Crippen molar-refractivity contribution in [2.45, 2.75) is 12.8 Å². The molecule has 0 fully saturated rings. The van der Waals surface area contributed by atoms with Crippen LogP contribution in [0, 0.1) is 0 Å². The zero-order chi connectivity index (χ0) is 14.7. The van der Waals surface area contributed by atoms with Crippen molar-refractivity contribution in [1.29, 1.82) is 0 Å². The highest BCUT2D eigenvalue weighted by molar-refractivity contribution is 6.01. The van der Waals surface area contributed by atoms with Gasteiger partial charge in [0.05, 0.1) is 0 Å². The topological polar surface area (TPSA) is 78.4 Å². The molecule has 0 bridgehead atoms. The third kappa shape index (κ3) is 2.89. The number of carbonyl (C=O) groups is 2. The van der Waals surface area contributed by atoms with Crippen molar-refractivity contribution in [3.05, 3.63) is 48.0 Å². The molecule has 3 rings (SSSR count). The summed E-state index contributed by atoms with van der Waals surface area (Å²) in [4.78, 5) is 31.7. The number of aromatic nitrogens is 2. The SMILES string of the molecule is O=C(CCC(=O)c1ncccn1)c1ccc2c(c1)OCO2. The van der Waals surface area contributed by atoms with E-state index in [1.54, 1.807) is 24.3 Å². The number of rotatable bonds is 5. The highest BCUT2D eigenvalue weighted by atomic mass is 16.7. The second-order valence-corrected chi connectivity index (χ2v) is 4.49. The number of Topliss-reactive ketones (excluding diaryl/α,β-unsaturated/α-hetero) is 2. The van der Waals surface area contributed by atoms with Crippen molar-refractivity contribution in [2.75, 3.05) is 6.79 Å². The molecule has 1 aromatic heterocycles. The van der Waals surface area contributed by atoms with Gasteiger partial charge < -0.3 is 9.47 Å². The number of hydrogen-bond acceptors (Lipinski definition) is 6. The molecule has 2 aromatic rings. The van der Waals surface area contributed by atoms with Crippen LogP contribution in [-0.4, -0.2) is 28.3 Å². The van der Waals surface area contributed by atoms with Gasteiger partial charge in [-0.1, -0.05) is 0 Å². The molecule has 0 spiro atoms. The van der Waals surface area contributed by atoms with Crippen LogP contribution >= 0.6 is 0 Å². The van der Waals surface area contributed by atoms with E-state index in [1.165, 1.54) is 12.4 Å². The smallest absolute Gasteiger partial charge is 0.231 e. The number of fused-ring (bicyclic) bond motifs is 1. The lowest BCUT2D eigenvalue weighted by Gasteiger charge is -2.02. The van der Waals surface area contributed by atoms with E-state index in [0.29, 0.717) is 17.1 Å². The largest absolute Gasteiger partial charge is 0.454 e. The maximum atomic E-state index is 12.1. The molecule has 0 atom stereocenters. The molecular formula is C15H12N2O4. The first-order valence-corrected chi connectivity index (χ1v) is 6.47. The summed E-state index contributed by atoms with van der Waals surface area (Å²) in [6.45, 7) is 0.164. The summed E-state index contributed by atoms with van der Waals surface area (Å²) in [5.74, 6) is 0.942. The summed E-state index contributed by atoms with van der Waals surface area (Å²) in [5, 5.41) is 0. The summed E-state index contributed by atoms with van der Waals surface area (Å²) in [7, 11) is 0. The summed E-state index contributed by atoms with van der Waals surface area (Å²) < 4.78 is 10.4. The van der Waals surface area contributed by atoms with Crippen molar-refractivity contribution in [3.8, 4) is 11.5 Å². The maximum absolute atomic E-state index is 12.1. The van der Waals surface area contributed by atoms with Crippen LogP contribution in [0.15, 0.2) is 36.7 Å². The Morgan fingerprint density at radius 2 is 1.71 bits per heavy atom. The number of ketones is 2. The first-order chi connectivity index (χ1) is 10.2. The summed E-state index contributed by atoms with van der Waals surface area (Å²) in [6.07, 6.45) is 3.19. The van der Waals surface area contributed by atoms with E-state index in [2.05, 4.69) is 9.97 Å². The summed E-state index contributed by atoms with van der Waals surface area (Å²) in [6, 6.07) is 6.62.